The second-order valence-corrected chi connectivity index (χ2v) is 6.82. The molecule has 0 aliphatic carbocycles. The van der Waals surface area contributed by atoms with Crippen molar-refractivity contribution in [3.05, 3.63) is 28.2 Å². The van der Waals surface area contributed by atoms with Crippen molar-refractivity contribution in [2.75, 3.05) is 26.2 Å². The van der Waals surface area contributed by atoms with Crippen LogP contribution in [0.4, 0.5) is 0 Å². The number of nitrogens with zero attached hydrogens (tertiary/aromatic N) is 1. The molecule has 1 aromatic carbocycles. The summed E-state index contributed by atoms with van der Waals surface area (Å²) in [7, 11) is 0. The molecule has 2 aliphatic heterocycles. The molecule has 2 fully saturated rings. The van der Waals surface area contributed by atoms with Gasteiger partial charge < -0.3 is 15.0 Å². The fourth-order valence-electron chi connectivity index (χ4n) is 3.29. The third-order valence-electron chi connectivity index (χ3n) is 4.39. The number of hydrogen-bond acceptors (Lipinski definition) is 3. The average molecular weight is 339 g/mol. The van der Waals surface area contributed by atoms with Gasteiger partial charge in [-0.2, -0.15) is 0 Å². The van der Waals surface area contributed by atoms with Crippen molar-refractivity contribution < 1.29 is 4.74 Å². The molecule has 0 spiro atoms. The number of rotatable bonds is 5. The number of nitrogens with one attached hydrogen (secondary N) is 1. The van der Waals surface area contributed by atoms with E-state index in [0.717, 1.165) is 41.9 Å². The maximum Gasteiger partial charge on any atom is 0.123 e. The van der Waals surface area contributed by atoms with E-state index in [0.29, 0.717) is 0 Å². The van der Waals surface area contributed by atoms with Crippen LogP contribution in [0.25, 0.3) is 0 Å². The fraction of sp³-hybridized carbons (Fsp3) is 0.625. The van der Waals surface area contributed by atoms with Crippen molar-refractivity contribution >= 4 is 15.9 Å². The summed E-state index contributed by atoms with van der Waals surface area (Å²) in [6.07, 6.45) is 3.81. The Morgan fingerprint density at radius 1 is 1.30 bits per heavy atom. The third kappa shape index (κ3) is 3.35. The second-order valence-electron chi connectivity index (χ2n) is 5.96. The van der Waals surface area contributed by atoms with E-state index in [1.807, 2.05) is 12.1 Å². The Hall–Kier alpha value is -0.580. The molecule has 2 bridgehead atoms. The van der Waals surface area contributed by atoms with Gasteiger partial charge in [-0.05, 0) is 38.3 Å². The molecule has 2 heterocycles. The molecule has 3 rings (SSSR count). The summed E-state index contributed by atoms with van der Waals surface area (Å²) in [5.74, 6) is 1.000. The monoisotopic (exact) mass is 338 g/mol. The maximum absolute atomic E-state index is 5.91. The first kappa shape index (κ1) is 14.4. The normalized spacial score (nSPS) is 25.9. The Kier molecular flexibility index (Phi) is 4.64. The summed E-state index contributed by atoms with van der Waals surface area (Å²) in [5, 5.41) is 3.67. The summed E-state index contributed by atoms with van der Waals surface area (Å²) < 4.78 is 7.02. The minimum atomic E-state index is 0.738. The third-order valence-corrected chi connectivity index (χ3v) is 5.25. The Morgan fingerprint density at radius 2 is 2.05 bits per heavy atom. The first-order chi connectivity index (χ1) is 9.72. The summed E-state index contributed by atoms with van der Waals surface area (Å²) in [6, 6.07) is 7.61. The Morgan fingerprint density at radius 3 is 2.80 bits per heavy atom. The van der Waals surface area contributed by atoms with E-state index in [1.165, 1.54) is 31.5 Å². The van der Waals surface area contributed by atoms with Crippen molar-refractivity contribution in [2.24, 2.45) is 0 Å². The van der Waals surface area contributed by atoms with Crippen LogP contribution in [0.1, 0.15) is 24.8 Å². The predicted molar refractivity (Wildman–Crippen MR) is 85.4 cm³/mol. The minimum Gasteiger partial charge on any atom is -0.493 e. The van der Waals surface area contributed by atoms with Gasteiger partial charge in [-0.1, -0.05) is 22.0 Å². The van der Waals surface area contributed by atoms with E-state index in [-0.39, 0.29) is 0 Å². The van der Waals surface area contributed by atoms with Crippen molar-refractivity contribution in [3.63, 3.8) is 0 Å². The zero-order chi connectivity index (χ0) is 13.9. The van der Waals surface area contributed by atoms with Gasteiger partial charge in [0.25, 0.3) is 0 Å². The van der Waals surface area contributed by atoms with Gasteiger partial charge >= 0.3 is 0 Å². The summed E-state index contributed by atoms with van der Waals surface area (Å²) in [4.78, 5) is 2.59. The molecule has 1 N–H and O–H groups in total. The van der Waals surface area contributed by atoms with Gasteiger partial charge in [-0.3, -0.25) is 0 Å². The van der Waals surface area contributed by atoms with E-state index in [4.69, 9.17) is 4.74 Å². The van der Waals surface area contributed by atoms with Crippen LogP contribution in [-0.2, 0) is 0 Å². The van der Waals surface area contributed by atoms with Crippen molar-refractivity contribution in [1.29, 1.82) is 0 Å². The quantitative estimate of drug-likeness (QED) is 0.835. The van der Waals surface area contributed by atoms with Crippen molar-refractivity contribution in [3.8, 4) is 5.75 Å². The van der Waals surface area contributed by atoms with Crippen LogP contribution >= 0.6 is 15.9 Å². The molecule has 3 nitrogen and oxygen atoms in total. The van der Waals surface area contributed by atoms with Gasteiger partial charge in [0.05, 0.1) is 6.61 Å². The highest BCUT2D eigenvalue weighted by Gasteiger charge is 2.31. The molecule has 2 saturated heterocycles. The fourth-order valence-corrected chi connectivity index (χ4v) is 3.63. The van der Waals surface area contributed by atoms with Gasteiger partial charge in [0.1, 0.15) is 5.75 Å². The molecule has 20 heavy (non-hydrogen) atoms. The number of halogens is 1. The van der Waals surface area contributed by atoms with Gasteiger partial charge in [0, 0.05) is 41.8 Å². The van der Waals surface area contributed by atoms with Crippen LogP contribution in [0, 0.1) is 6.92 Å². The molecule has 0 radical (unpaired) electrons. The molecule has 0 saturated carbocycles. The van der Waals surface area contributed by atoms with Crippen molar-refractivity contribution in [2.45, 2.75) is 38.3 Å². The SMILES string of the molecule is Cc1c(Br)cccc1OCCCN1C[C@H]2CC[C@@H](C1)N2. The smallest absolute Gasteiger partial charge is 0.123 e. The molecular formula is C16H23BrN2O. The average Bonchev–Trinajstić information content (AvgIpc) is 2.78. The Labute approximate surface area is 129 Å². The zero-order valence-electron chi connectivity index (χ0n) is 12.1. The first-order valence-corrected chi connectivity index (χ1v) is 8.38. The van der Waals surface area contributed by atoms with Gasteiger partial charge in [0.15, 0.2) is 0 Å². The van der Waals surface area contributed by atoms with E-state index < -0.39 is 0 Å². The van der Waals surface area contributed by atoms with E-state index >= 15 is 0 Å². The number of fused-ring (bicyclic) bond motifs is 2. The van der Waals surface area contributed by atoms with Crippen LogP contribution in [-0.4, -0.2) is 43.2 Å². The first-order valence-electron chi connectivity index (χ1n) is 7.58. The molecule has 110 valence electrons. The topological polar surface area (TPSA) is 24.5 Å². The lowest BCUT2D eigenvalue weighted by Gasteiger charge is -2.32. The van der Waals surface area contributed by atoms with Gasteiger partial charge in [0.2, 0.25) is 0 Å². The molecule has 1 aromatic rings. The highest BCUT2D eigenvalue weighted by molar-refractivity contribution is 9.10. The van der Waals surface area contributed by atoms with Crippen molar-refractivity contribution in [1.82, 2.24) is 10.2 Å². The molecular weight excluding hydrogens is 316 g/mol. The number of ether oxygens (including phenoxy) is 1. The number of benzene rings is 1. The number of hydrogen-bond donors (Lipinski definition) is 1. The molecule has 0 unspecified atom stereocenters. The zero-order valence-corrected chi connectivity index (χ0v) is 13.7. The van der Waals surface area contributed by atoms with Crippen LogP contribution < -0.4 is 10.1 Å². The maximum atomic E-state index is 5.91. The van der Waals surface area contributed by atoms with Crippen LogP contribution in [0.2, 0.25) is 0 Å². The van der Waals surface area contributed by atoms with E-state index in [9.17, 15) is 0 Å². The van der Waals surface area contributed by atoms with Gasteiger partial charge in [-0.25, -0.2) is 0 Å². The predicted octanol–water partition coefficient (Wildman–Crippen LogP) is 2.96. The Bertz CT molecular complexity index is 454. The lowest BCUT2D eigenvalue weighted by molar-refractivity contribution is 0.180. The highest BCUT2D eigenvalue weighted by atomic mass is 79.9. The lowest BCUT2D eigenvalue weighted by Crippen LogP contribution is -2.51. The van der Waals surface area contributed by atoms with Crippen LogP contribution in [0.15, 0.2) is 22.7 Å². The highest BCUT2D eigenvalue weighted by Crippen LogP contribution is 2.25. The molecule has 2 aliphatic rings. The molecule has 0 amide bonds. The number of likely N-dealkylation sites (tertiary alicyclic amines) is 1. The standard InChI is InChI=1S/C16H23BrN2O/c1-12-15(17)4-2-5-16(12)20-9-3-8-19-10-13-6-7-14(11-19)18-13/h2,4-5,13-14,18H,3,6-11H2,1H3/t13-,14+. The summed E-state index contributed by atoms with van der Waals surface area (Å²) >= 11 is 3.54. The van der Waals surface area contributed by atoms with Gasteiger partial charge in [-0.15, -0.1) is 0 Å². The van der Waals surface area contributed by atoms with E-state index in [1.54, 1.807) is 0 Å². The minimum absolute atomic E-state index is 0.738. The lowest BCUT2D eigenvalue weighted by atomic mass is 10.2. The Balaban J connectivity index is 1.41. The molecule has 2 atom stereocenters. The molecule has 0 aromatic heterocycles. The van der Waals surface area contributed by atoms with Crippen LogP contribution in [0.5, 0.6) is 5.75 Å². The van der Waals surface area contributed by atoms with Crippen LogP contribution in [0.3, 0.4) is 0 Å². The largest absolute Gasteiger partial charge is 0.493 e. The molecule has 4 heteroatoms. The second kappa shape index (κ2) is 6.46. The summed E-state index contributed by atoms with van der Waals surface area (Å²) in [5.41, 5.74) is 1.19. The number of piperazine rings is 1. The van der Waals surface area contributed by atoms with E-state index in [2.05, 4.69) is 39.1 Å². The summed E-state index contributed by atoms with van der Waals surface area (Å²) in [6.45, 7) is 6.48.